The maximum atomic E-state index is 12.8. The summed E-state index contributed by atoms with van der Waals surface area (Å²) in [4.78, 5) is 12.8. The molecule has 0 unspecified atom stereocenters. The molecule has 0 radical (unpaired) electrons. The van der Waals surface area contributed by atoms with Gasteiger partial charge in [0.25, 0.3) is 0 Å². The standard InChI is InChI=1S/C15H18N2O4/c1-5-17-14(13(21-4)9-16-17)15(18)11-7-6-10(19-2)8-12(11)20-3/h6-9H,5H2,1-4H3. The van der Waals surface area contributed by atoms with Gasteiger partial charge in [-0.15, -0.1) is 0 Å². The van der Waals surface area contributed by atoms with Crippen LogP contribution in [0.5, 0.6) is 17.2 Å². The summed E-state index contributed by atoms with van der Waals surface area (Å²) in [6.45, 7) is 2.48. The van der Waals surface area contributed by atoms with E-state index in [2.05, 4.69) is 5.10 Å². The van der Waals surface area contributed by atoms with Crippen LogP contribution in [0.15, 0.2) is 24.4 Å². The molecule has 0 aliphatic heterocycles. The van der Waals surface area contributed by atoms with Gasteiger partial charge in [0.2, 0.25) is 5.78 Å². The van der Waals surface area contributed by atoms with Gasteiger partial charge in [-0.25, -0.2) is 0 Å². The minimum atomic E-state index is -0.203. The number of hydrogen-bond acceptors (Lipinski definition) is 5. The molecule has 0 spiro atoms. The second-order valence-electron chi connectivity index (χ2n) is 4.27. The Morgan fingerprint density at radius 2 is 1.86 bits per heavy atom. The molecule has 0 bridgehead atoms. The molecule has 21 heavy (non-hydrogen) atoms. The summed E-state index contributed by atoms with van der Waals surface area (Å²) in [5, 5.41) is 4.15. The number of carbonyl (C=O) groups is 1. The molecule has 0 atom stereocenters. The molecular formula is C15H18N2O4. The van der Waals surface area contributed by atoms with Crippen LogP contribution in [0.1, 0.15) is 23.0 Å². The predicted octanol–water partition coefficient (Wildman–Crippen LogP) is 2.16. The molecule has 2 rings (SSSR count). The van der Waals surface area contributed by atoms with Crippen LogP contribution in [0.25, 0.3) is 0 Å². The van der Waals surface area contributed by atoms with E-state index in [1.165, 1.54) is 20.4 Å². The van der Waals surface area contributed by atoms with Crippen molar-refractivity contribution in [3.63, 3.8) is 0 Å². The molecule has 2 aromatic rings. The summed E-state index contributed by atoms with van der Waals surface area (Å²) in [6, 6.07) is 5.06. The number of aromatic nitrogens is 2. The van der Waals surface area contributed by atoms with Gasteiger partial charge in [-0.2, -0.15) is 5.10 Å². The number of benzene rings is 1. The zero-order chi connectivity index (χ0) is 15.4. The lowest BCUT2D eigenvalue weighted by Gasteiger charge is -2.11. The number of hydrogen-bond donors (Lipinski definition) is 0. The van der Waals surface area contributed by atoms with Crippen molar-refractivity contribution >= 4 is 5.78 Å². The number of nitrogens with zero attached hydrogens (tertiary/aromatic N) is 2. The van der Waals surface area contributed by atoms with Gasteiger partial charge in [0.05, 0.1) is 33.1 Å². The number of ketones is 1. The molecule has 0 saturated carbocycles. The van der Waals surface area contributed by atoms with Crippen molar-refractivity contribution < 1.29 is 19.0 Å². The number of aryl methyl sites for hydroxylation is 1. The van der Waals surface area contributed by atoms with Gasteiger partial charge in [0.15, 0.2) is 11.4 Å². The lowest BCUT2D eigenvalue weighted by molar-refractivity contribution is 0.102. The van der Waals surface area contributed by atoms with Gasteiger partial charge >= 0.3 is 0 Å². The topological polar surface area (TPSA) is 62.6 Å². The van der Waals surface area contributed by atoms with E-state index in [0.717, 1.165) is 0 Å². The molecule has 6 heteroatoms. The highest BCUT2D eigenvalue weighted by molar-refractivity contribution is 6.11. The van der Waals surface area contributed by atoms with Gasteiger partial charge in [0, 0.05) is 12.6 Å². The molecule has 0 amide bonds. The smallest absolute Gasteiger partial charge is 0.218 e. The first-order valence-corrected chi connectivity index (χ1v) is 6.52. The summed E-state index contributed by atoms with van der Waals surface area (Å²) < 4.78 is 17.2. The lowest BCUT2D eigenvalue weighted by atomic mass is 10.1. The SMILES string of the molecule is CCn1ncc(OC)c1C(=O)c1ccc(OC)cc1OC. The first-order valence-electron chi connectivity index (χ1n) is 6.52. The highest BCUT2D eigenvalue weighted by atomic mass is 16.5. The van der Waals surface area contributed by atoms with Crippen molar-refractivity contribution in [3.05, 3.63) is 35.7 Å². The minimum absolute atomic E-state index is 0.203. The van der Waals surface area contributed by atoms with Crippen molar-refractivity contribution in [1.29, 1.82) is 0 Å². The predicted molar refractivity (Wildman–Crippen MR) is 77.4 cm³/mol. The largest absolute Gasteiger partial charge is 0.497 e. The number of ether oxygens (including phenoxy) is 3. The number of methoxy groups -OCH3 is 3. The average molecular weight is 290 g/mol. The second kappa shape index (κ2) is 6.30. The van der Waals surface area contributed by atoms with E-state index in [1.807, 2.05) is 6.92 Å². The second-order valence-corrected chi connectivity index (χ2v) is 4.27. The molecule has 6 nitrogen and oxygen atoms in total. The van der Waals surface area contributed by atoms with Crippen molar-refractivity contribution in [2.45, 2.75) is 13.5 Å². The molecule has 0 aliphatic carbocycles. The zero-order valence-corrected chi connectivity index (χ0v) is 12.5. The zero-order valence-electron chi connectivity index (χ0n) is 12.5. The Labute approximate surface area is 123 Å². The molecule has 1 heterocycles. The van der Waals surface area contributed by atoms with Crippen molar-refractivity contribution in [3.8, 4) is 17.2 Å². The summed E-state index contributed by atoms with van der Waals surface area (Å²) in [5.41, 5.74) is 0.843. The molecule has 0 N–H and O–H groups in total. The van der Waals surface area contributed by atoms with Crippen LogP contribution in [-0.2, 0) is 6.54 Å². The quantitative estimate of drug-likeness (QED) is 0.763. The van der Waals surface area contributed by atoms with E-state index in [1.54, 1.807) is 30.0 Å². The van der Waals surface area contributed by atoms with Gasteiger partial charge < -0.3 is 14.2 Å². The fourth-order valence-electron chi connectivity index (χ4n) is 2.10. The summed E-state index contributed by atoms with van der Waals surface area (Å²) in [5.74, 6) is 1.31. The van der Waals surface area contributed by atoms with Gasteiger partial charge in [-0.05, 0) is 19.1 Å². The van der Waals surface area contributed by atoms with Gasteiger partial charge in [0.1, 0.15) is 11.5 Å². The first-order chi connectivity index (χ1) is 10.2. The maximum absolute atomic E-state index is 12.8. The summed E-state index contributed by atoms with van der Waals surface area (Å²) >= 11 is 0. The third-order valence-corrected chi connectivity index (χ3v) is 3.19. The lowest BCUT2D eigenvalue weighted by Crippen LogP contribution is -2.12. The highest BCUT2D eigenvalue weighted by Gasteiger charge is 2.23. The van der Waals surface area contributed by atoms with Gasteiger partial charge in [-0.3, -0.25) is 9.48 Å². The molecule has 1 aromatic heterocycles. The Kier molecular flexibility index (Phi) is 4.47. The minimum Gasteiger partial charge on any atom is -0.497 e. The van der Waals surface area contributed by atoms with E-state index in [4.69, 9.17) is 14.2 Å². The number of rotatable bonds is 6. The Morgan fingerprint density at radius 1 is 1.14 bits per heavy atom. The highest BCUT2D eigenvalue weighted by Crippen LogP contribution is 2.29. The van der Waals surface area contributed by atoms with E-state index in [0.29, 0.717) is 35.1 Å². The third kappa shape index (κ3) is 2.69. The van der Waals surface area contributed by atoms with Crippen LogP contribution >= 0.6 is 0 Å². The summed E-state index contributed by atoms with van der Waals surface area (Å²) in [6.07, 6.45) is 1.53. The van der Waals surface area contributed by atoms with Crippen LogP contribution in [-0.4, -0.2) is 36.9 Å². The van der Waals surface area contributed by atoms with Crippen LogP contribution in [0, 0.1) is 0 Å². The maximum Gasteiger partial charge on any atom is 0.218 e. The Bertz CT molecular complexity index is 628. The molecular weight excluding hydrogens is 272 g/mol. The fourth-order valence-corrected chi connectivity index (χ4v) is 2.10. The molecule has 0 fully saturated rings. The van der Waals surface area contributed by atoms with E-state index in [-0.39, 0.29) is 5.78 Å². The average Bonchev–Trinajstić information content (AvgIpc) is 2.96. The van der Waals surface area contributed by atoms with Crippen molar-refractivity contribution in [2.75, 3.05) is 21.3 Å². The third-order valence-electron chi connectivity index (χ3n) is 3.19. The molecule has 112 valence electrons. The van der Waals surface area contributed by atoms with Crippen LogP contribution in [0.2, 0.25) is 0 Å². The Morgan fingerprint density at radius 3 is 2.43 bits per heavy atom. The molecule has 1 aromatic carbocycles. The summed E-state index contributed by atoms with van der Waals surface area (Å²) in [7, 11) is 4.59. The number of carbonyl (C=O) groups excluding carboxylic acids is 1. The van der Waals surface area contributed by atoms with Gasteiger partial charge in [-0.1, -0.05) is 0 Å². The normalized spacial score (nSPS) is 10.3. The van der Waals surface area contributed by atoms with Crippen LogP contribution < -0.4 is 14.2 Å². The van der Waals surface area contributed by atoms with E-state index >= 15 is 0 Å². The monoisotopic (exact) mass is 290 g/mol. The fraction of sp³-hybridized carbons (Fsp3) is 0.333. The van der Waals surface area contributed by atoms with Crippen LogP contribution in [0.3, 0.4) is 0 Å². The van der Waals surface area contributed by atoms with Crippen molar-refractivity contribution in [1.82, 2.24) is 9.78 Å². The van der Waals surface area contributed by atoms with Crippen molar-refractivity contribution in [2.24, 2.45) is 0 Å². The molecule has 0 saturated heterocycles. The van der Waals surface area contributed by atoms with Crippen LogP contribution in [0.4, 0.5) is 0 Å². The van der Waals surface area contributed by atoms with E-state index < -0.39 is 0 Å². The Hall–Kier alpha value is -2.50. The molecule has 0 aliphatic rings. The first kappa shape index (κ1) is 14.9. The Balaban J connectivity index is 2.52. The van der Waals surface area contributed by atoms with E-state index in [9.17, 15) is 4.79 Å².